The van der Waals surface area contributed by atoms with E-state index in [1.54, 1.807) is 6.20 Å². The number of H-pyrrole nitrogens is 2. The summed E-state index contributed by atoms with van der Waals surface area (Å²) in [5, 5.41) is 6.59. The standard InChI is InChI=1S/C30H32F2N6/c31-29(32)14-24(34-16-29)27-33-15-25(36-27)18-6-4-17(5-7-18)19-8-9-22-20(12-19)2-1-3-23-26(22)38-28(37-23)30-13-21(30)10-11-35-30/h4-8,12,15,21-22,24,34-35H,1-3,9-11,13-14,16H2,(H,33,36)(H,37,38)/t21?,22?,24-,30+/m0/s1. The van der Waals surface area contributed by atoms with Crippen molar-refractivity contribution in [2.24, 2.45) is 5.92 Å². The molecular formula is C30H32F2N6. The zero-order valence-corrected chi connectivity index (χ0v) is 21.3. The summed E-state index contributed by atoms with van der Waals surface area (Å²) in [6, 6.07) is 8.03. The first-order chi connectivity index (χ1) is 18.5. The normalized spacial score (nSPS) is 31.2. The smallest absolute Gasteiger partial charge is 0.262 e. The molecule has 2 aromatic heterocycles. The van der Waals surface area contributed by atoms with Crippen molar-refractivity contribution in [1.82, 2.24) is 30.6 Å². The number of nitrogens with one attached hydrogen (secondary N) is 4. The number of piperidine rings is 1. The van der Waals surface area contributed by atoms with Crippen molar-refractivity contribution in [3.8, 4) is 11.3 Å². The molecule has 4 N–H and O–H groups in total. The second-order valence-electron chi connectivity index (χ2n) is 11.8. The number of fused-ring (bicyclic) bond motifs is 4. The van der Waals surface area contributed by atoms with Gasteiger partial charge in [-0.05, 0) is 67.7 Å². The number of allylic oxidation sites excluding steroid dienone is 4. The Labute approximate surface area is 220 Å². The van der Waals surface area contributed by atoms with Crippen LogP contribution in [0.15, 0.2) is 48.2 Å². The van der Waals surface area contributed by atoms with Crippen LogP contribution in [0.1, 0.15) is 79.1 Å². The van der Waals surface area contributed by atoms with Gasteiger partial charge < -0.3 is 20.6 Å². The van der Waals surface area contributed by atoms with Gasteiger partial charge in [-0.1, -0.05) is 42.0 Å². The first-order valence-corrected chi connectivity index (χ1v) is 14.0. The molecule has 2 saturated heterocycles. The molecule has 4 atom stereocenters. The summed E-state index contributed by atoms with van der Waals surface area (Å²) in [7, 11) is 0. The molecule has 0 bridgehead atoms. The Balaban J connectivity index is 1.01. The topological polar surface area (TPSA) is 81.4 Å². The van der Waals surface area contributed by atoms with Crippen LogP contribution in [-0.4, -0.2) is 38.9 Å². The molecule has 0 amide bonds. The van der Waals surface area contributed by atoms with E-state index in [0.29, 0.717) is 11.7 Å². The van der Waals surface area contributed by atoms with Gasteiger partial charge in [0.25, 0.3) is 5.92 Å². The maximum atomic E-state index is 13.6. The number of aromatic nitrogens is 4. The maximum Gasteiger partial charge on any atom is 0.262 e. The summed E-state index contributed by atoms with van der Waals surface area (Å²) < 4.78 is 27.2. The first-order valence-electron chi connectivity index (χ1n) is 14.0. The van der Waals surface area contributed by atoms with Gasteiger partial charge in [0.2, 0.25) is 0 Å². The highest BCUT2D eigenvalue weighted by molar-refractivity contribution is 5.78. The van der Waals surface area contributed by atoms with Gasteiger partial charge in [0, 0.05) is 18.0 Å². The molecule has 3 aromatic rings. The van der Waals surface area contributed by atoms with E-state index in [-0.39, 0.29) is 18.5 Å². The molecule has 2 aliphatic heterocycles. The largest absolute Gasteiger partial charge is 0.344 e. The fourth-order valence-corrected chi connectivity index (χ4v) is 7.22. The Morgan fingerprint density at radius 1 is 1.00 bits per heavy atom. The van der Waals surface area contributed by atoms with Crippen LogP contribution in [0, 0.1) is 5.92 Å². The molecule has 1 saturated carbocycles. The summed E-state index contributed by atoms with van der Waals surface area (Å²) >= 11 is 0. The van der Waals surface area contributed by atoms with Gasteiger partial charge in [0.15, 0.2) is 0 Å². The third-order valence-electron chi connectivity index (χ3n) is 9.42. The van der Waals surface area contributed by atoms with Crippen LogP contribution in [-0.2, 0) is 12.0 Å². The van der Waals surface area contributed by atoms with Gasteiger partial charge in [0.05, 0.1) is 35.7 Å². The molecule has 0 spiro atoms. The van der Waals surface area contributed by atoms with E-state index in [1.807, 2.05) is 0 Å². The molecule has 2 unspecified atom stereocenters. The number of hydrogen-bond acceptors (Lipinski definition) is 4. The maximum absolute atomic E-state index is 13.6. The van der Waals surface area contributed by atoms with Gasteiger partial charge in [-0.15, -0.1) is 0 Å². The molecule has 38 heavy (non-hydrogen) atoms. The van der Waals surface area contributed by atoms with Crippen molar-refractivity contribution in [3.05, 3.63) is 76.8 Å². The highest BCUT2D eigenvalue weighted by Gasteiger charge is 2.60. The number of aryl methyl sites for hydroxylation is 1. The van der Waals surface area contributed by atoms with Crippen molar-refractivity contribution >= 4 is 5.57 Å². The average molecular weight is 515 g/mol. The fourth-order valence-electron chi connectivity index (χ4n) is 7.22. The summed E-state index contributed by atoms with van der Waals surface area (Å²) in [6.45, 7) is 0.808. The van der Waals surface area contributed by atoms with Gasteiger partial charge in [-0.25, -0.2) is 18.7 Å². The Kier molecular flexibility index (Phi) is 4.93. The second kappa shape index (κ2) is 8.20. The van der Waals surface area contributed by atoms with E-state index in [0.717, 1.165) is 49.4 Å². The quantitative estimate of drug-likeness (QED) is 0.370. The van der Waals surface area contributed by atoms with E-state index in [4.69, 9.17) is 4.98 Å². The van der Waals surface area contributed by atoms with Crippen LogP contribution in [0.5, 0.6) is 0 Å². The number of alkyl halides is 2. The lowest BCUT2D eigenvalue weighted by Crippen LogP contribution is -2.27. The van der Waals surface area contributed by atoms with Crippen LogP contribution in [0.2, 0.25) is 0 Å². The van der Waals surface area contributed by atoms with Crippen molar-refractivity contribution in [2.45, 2.75) is 68.4 Å². The minimum Gasteiger partial charge on any atom is -0.344 e. The highest BCUT2D eigenvalue weighted by Crippen LogP contribution is 2.56. The molecule has 3 fully saturated rings. The molecule has 1 aromatic carbocycles. The number of nitrogens with zero attached hydrogens (tertiary/aromatic N) is 2. The molecule has 0 radical (unpaired) electrons. The molecule has 8 rings (SSSR count). The summed E-state index contributed by atoms with van der Waals surface area (Å²) in [6.07, 6.45) is 13.1. The van der Waals surface area contributed by atoms with Gasteiger partial charge in [0.1, 0.15) is 11.6 Å². The van der Waals surface area contributed by atoms with Crippen LogP contribution in [0.25, 0.3) is 16.8 Å². The van der Waals surface area contributed by atoms with E-state index in [9.17, 15) is 8.78 Å². The monoisotopic (exact) mass is 514 g/mol. The zero-order chi connectivity index (χ0) is 25.5. The molecular weight excluding hydrogens is 482 g/mol. The molecule has 3 aliphatic carbocycles. The van der Waals surface area contributed by atoms with E-state index < -0.39 is 12.0 Å². The summed E-state index contributed by atoms with van der Waals surface area (Å²) in [5.41, 5.74) is 8.54. The minimum atomic E-state index is -2.67. The van der Waals surface area contributed by atoms with Crippen LogP contribution in [0.4, 0.5) is 8.78 Å². The SMILES string of the molecule is FC1(F)CN[C@H](c2ncc(-c3ccc(C4=CCC5C(=C4)CCCc4[nH]c([C@@]67CC6CCN7)nc45)cc3)[nH]2)C1. The predicted molar refractivity (Wildman–Crippen MR) is 142 cm³/mol. The zero-order valence-electron chi connectivity index (χ0n) is 21.3. The number of imidazole rings is 2. The number of halogens is 2. The lowest BCUT2D eigenvalue weighted by Gasteiger charge is -2.22. The first kappa shape index (κ1) is 22.8. The number of aromatic amines is 2. The second-order valence-corrected chi connectivity index (χ2v) is 11.8. The minimum absolute atomic E-state index is 0.127. The highest BCUT2D eigenvalue weighted by atomic mass is 19.3. The number of benzene rings is 1. The summed E-state index contributed by atoms with van der Waals surface area (Å²) in [4.78, 5) is 16.6. The molecule has 4 heterocycles. The van der Waals surface area contributed by atoms with Gasteiger partial charge >= 0.3 is 0 Å². The fraction of sp³-hybridized carbons (Fsp3) is 0.467. The van der Waals surface area contributed by atoms with Gasteiger partial charge in [-0.3, -0.25) is 0 Å². The van der Waals surface area contributed by atoms with Crippen LogP contribution >= 0.6 is 0 Å². The van der Waals surface area contributed by atoms with Crippen LogP contribution < -0.4 is 10.6 Å². The van der Waals surface area contributed by atoms with Crippen molar-refractivity contribution in [3.63, 3.8) is 0 Å². The average Bonchev–Trinajstić information content (AvgIpc) is 3.41. The molecule has 5 aliphatic rings. The Morgan fingerprint density at radius 3 is 2.63 bits per heavy atom. The van der Waals surface area contributed by atoms with Crippen molar-refractivity contribution < 1.29 is 8.78 Å². The molecule has 8 heteroatoms. The predicted octanol–water partition coefficient (Wildman–Crippen LogP) is 5.51. The van der Waals surface area contributed by atoms with Crippen LogP contribution in [0.3, 0.4) is 0 Å². The number of rotatable bonds is 4. The van der Waals surface area contributed by atoms with E-state index in [2.05, 4.69) is 62.0 Å². The van der Waals surface area contributed by atoms with E-state index in [1.165, 1.54) is 46.8 Å². The Bertz CT molecular complexity index is 1460. The molecule has 196 valence electrons. The lowest BCUT2D eigenvalue weighted by atomic mass is 9.83. The Hall–Kier alpha value is -3.10. The van der Waals surface area contributed by atoms with E-state index >= 15 is 0 Å². The summed E-state index contributed by atoms with van der Waals surface area (Å²) in [5.74, 6) is 0.199. The van der Waals surface area contributed by atoms with Crippen molar-refractivity contribution in [1.29, 1.82) is 0 Å². The van der Waals surface area contributed by atoms with Crippen molar-refractivity contribution in [2.75, 3.05) is 13.1 Å². The lowest BCUT2D eigenvalue weighted by molar-refractivity contribution is 0.0208. The Morgan fingerprint density at radius 2 is 1.87 bits per heavy atom. The third kappa shape index (κ3) is 3.64. The third-order valence-corrected chi connectivity index (χ3v) is 9.42. The molecule has 6 nitrogen and oxygen atoms in total. The van der Waals surface area contributed by atoms with Gasteiger partial charge in [-0.2, -0.15) is 0 Å². The number of hydrogen-bond donors (Lipinski definition) is 4.